The summed E-state index contributed by atoms with van der Waals surface area (Å²) in [4.78, 5) is 24.3. The molecule has 2 heterocycles. The van der Waals surface area contributed by atoms with E-state index < -0.39 is 68.8 Å². The van der Waals surface area contributed by atoms with Crippen LogP contribution in [0.3, 0.4) is 0 Å². The zero-order chi connectivity index (χ0) is 27.4. The summed E-state index contributed by atoms with van der Waals surface area (Å²) in [5.41, 5.74) is 0.645. The van der Waals surface area contributed by atoms with Crippen molar-refractivity contribution in [3.63, 3.8) is 0 Å². The van der Waals surface area contributed by atoms with Gasteiger partial charge in [-0.25, -0.2) is 0 Å². The maximum absolute atomic E-state index is 13.2. The molecular formula is C26H31NO9S2. The van der Waals surface area contributed by atoms with Gasteiger partial charge in [0.05, 0.1) is 11.5 Å². The molecule has 1 unspecified atom stereocenters. The fraction of sp³-hybridized carbons (Fsp3) is 0.462. The molecule has 7 atom stereocenters. The zero-order valence-electron chi connectivity index (χ0n) is 21.5. The fourth-order valence-corrected chi connectivity index (χ4v) is 8.04. The molecule has 38 heavy (non-hydrogen) atoms. The van der Waals surface area contributed by atoms with Gasteiger partial charge >= 0.3 is 11.9 Å². The number of rotatable bonds is 7. The van der Waals surface area contributed by atoms with Crippen molar-refractivity contribution < 1.29 is 41.7 Å². The average molecular weight is 566 g/mol. The van der Waals surface area contributed by atoms with E-state index >= 15 is 0 Å². The number of nitrogens with zero attached hydrogens (tertiary/aromatic N) is 1. The molecule has 12 heteroatoms. The largest absolute Gasteiger partial charge is 0.456 e. The molecule has 2 aromatic rings. The molecule has 10 nitrogen and oxygen atoms in total. The summed E-state index contributed by atoms with van der Waals surface area (Å²) in [6.45, 7) is 6.15. The smallest absolute Gasteiger partial charge is 0.303 e. The highest BCUT2D eigenvalue weighted by Gasteiger charge is 2.54. The quantitative estimate of drug-likeness (QED) is 0.465. The number of sulfonamides is 1. The van der Waals surface area contributed by atoms with Crippen molar-refractivity contribution in [2.24, 2.45) is 3.77 Å². The van der Waals surface area contributed by atoms with Gasteiger partial charge in [-0.05, 0) is 29.7 Å². The highest BCUT2D eigenvalue weighted by molar-refractivity contribution is 8.00. The van der Waals surface area contributed by atoms with Gasteiger partial charge in [-0.3, -0.25) is 9.59 Å². The lowest BCUT2D eigenvalue weighted by Crippen LogP contribution is -2.64. The monoisotopic (exact) mass is 565 g/mol. The number of hydrogen-bond acceptors (Lipinski definition) is 9. The van der Waals surface area contributed by atoms with E-state index in [4.69, 9.17) is 23.7 Å². The van der Waals surface area contributed by atoms with Gasteiger partial charge in [0, 0.05) is 25.2 Å². The van der Waals surface area contributed by atoms with Gasteiger partial charge in [0.1, 0.15) is 12.2 Å². The van der Waals surface area contributed by atoms with Crippen LogP contribution in [-0.4, -0.2) is 62.6 Å². The summed E-state index contributed by atoms with van der Waals surface area (Å²) < 4.78 is 60.2. The number of esters is 2. The van der Waals surface area contributed by atoms with E-state index in [1.54, 1.807) is 19.1 Å². The molecule has 0 N–H and O–H groups in total. The Balaban J connectivity index is 1.71. The topological polar surface area (TPSA) is 127 Å². The molecule has 0 aromatic heterocycles. The van der Waals surface area contributed by atoms with Crippen molar-refractivity contribution in [2.75, 3.05) is 12.4 Å². The molecule has 0 spiro atoms. The van der Waals surface area contributed by atoms with Crippen LogP contribution in [0.4, 0.5) is 0 Å². The Morgan fingerprint density at radius 3 is 2.21 bits per heavy atom. The third kappa shape index (κ3) is 6.49. The maximum Gasteiger partial charge on any atom is 0.303 e. The van der Waals surface area contributed by atoms with Crippen LogP contribution in [0.5, 0.6) is 0 Å². The second-order valence-corrected chi connectivity index (χ2v) is 12.8. The van der Waals surface area contributed by atoms with Crippen LogP contribution >= 0.6 is 0 Å². The molecule has 0 aliphatic carbocycles. The lowest BCUT2D eigenvalue weighted by Gasteiger charge is -2.48. The van der Waals surface area contributed by atoms with E-state index in [0.29, 0.717) is 0 Å². The number of fused-ring (bicyclic) bond motifs is 1. The normalized spacial score (nSPS) is 28.2. The minimum absolute atomic E-state index is 0.0401. The van der Waals surface area contributed by atoms with E-state index in [1.807, 2.05) is 37.3 Å². The second kappa shape index (κ2) is 12.0. The predicted molar refractivity (Wildman–Crippen MR) is 138 cm³/mol. The van der Waals surface area contributed by atoms with E-state index in [9.17, 15) is 18.0 Å². The summed E-state index contributed by atoms with van der Waals surface area (Å²) in [5, 5.41) is 0. The zero-order valence-corrected chi connectivity index (χ0v) is 23.1. The Hall–Kier alpha value is -2.64. The Labute approximate surface area is 224 Å². The highest BCUT2D eigenvalue weighted by Crippen LogP contribution is 2.38. The van der Waals surface area contributed by atoms with Gasteiger partial charge < -0.3 is 23.7 Å². The van der Waals surface area contributed by atoms with Crippen LogP contribution < -0.4 is 0 Å². The standard InChI is InChI=1S/C26H31NO9S2/c1-5-37(27-38(30,31)20-13-11-16(2)12-14-20)26-24(34-18(4)29)23(33-17(3)28)22-21(35-26)15-32-25(36-22)19-9-7-6-8-10-19/h6-14,21-26H,5,15H2,1-4H3/t21-,22-,23+,24-,25-,26+,37?/m1/s1. The Kier molecular flexibility index (Phi) is 8.99. The average Bonchev–Trinajstić information content (AvgIpc) is 2.88. The molecule has 4 rings (SSSR count). The highest BCUT2D eigenvalue weighted by atomic mass is 32.3. The van der Waals surface area contributed by atoms with Crippen LogP contribution in [0.15, 0.2) is 63.3 Å². The number of aryl methyl sites for hydroxylation is 1. The molecule has 2 aliphatic heterocycles. The first-order valence-electron chi connectivity index (χ1n) is 12.2. The number of hydrogen-bond donors (Lipinski definition) is 0. The van der Waals surface area contributed by atoms with E-state index in [0.717, 1.165) is 11.1 Å². The SMILES string of the molecule is CCS(=NS(=O)(=O)c1ccc(C)cc1)[C@@H]1O[C@@H]2CO[C@@H](c3ccccc3)O[C@H]2[C@H](OC(C)=O)[C@H]1OC(C)=O. The maximum atomic E-state index is 13.2. The molecular weight excluding hydrogens is 534 g/mol. The predicted octanol–water partition coefficient (Wildman–Crippen LogP) is 3.21. The minimum atomic E-state index is -4.06. The van der Waals surface area contributed by atoms with E-state index in [-0.39, 0.29) is 17.3 Å². The van der Waals surface area contributed by atoms with Crippen LogP contribution in [0, 0.1) is 6.92 Å². The number of benzene rings is 2. The van der Waals surface area contributed by atoms with Crippen molar-refractivity contribution in [3.8, 4) is 0 Å². The lowest BCUT2D eigenvalue weighted by atomic mass is 9.98. The summed E-state index contributed by atoms with van der Waals surface area (Å²) >= 11 is 0. The summed E-state index contributed by atoms with van der Waals surface area (Å²) in [6.07, 6.45) is -4.56. The molecule has 206 valence electrons. The van der Waals surface area contributed by atoms with Crippen LogP contribution in [0.2, 0.25) is 0 Å². The van der Waals surface area contributed by atoms with Crippen molar-refractivity contribution in [1.29, 1.82) is 0 Å². The molecule has 0 saturated carbocycles. The first-order chi connectivity index (χ1) is 18.1. The van der Waals surface area contributed by atoms with Gasteiger partial charge in [-0.1, -0.05) is 55.0 Å². The first-order valence-corrected chi connectivity index (χ1v) is 15.0. The molecule has 2 aromatic carbocycles. The molecule has 2 fully saturated rings. The minimum Gasteiger partial charge on any atom is -0.456 e. The number of carbonyl (C=O) groups is 2. The summed E-state index contributed by atoms with van der Waals surface area (Å²) in [5.74, 6) is -0.989. The summed E-state index contributed by atoms with van der Waals surface area (Å²) in [6, 6.07) is 15.6. The van der Waals surface area contributed by atoms with E-state index in [1.165, 1.54) is 26.0 Å². The molecule has 0 amide bonds. The molecule has 0 bridgehead atoms. The van der Waals surface area contributed by atoms with Gasteiger partial charge in [0.15, 0.2) is 23.9 Å². The van der Waals surface area contributed by atoms with Crippen molar-refractivity contribution in [1.82, 2.24) is 0 Å². The van der Waals surface area contributed by atoms with Crippen molar-refractivity contribution >= 4 is 32.7 Å². The van der Waals surface area contributed by atoms with Gasteiger partial charge in [-0.2, -0.15) is 8.42 Å². The second-order valence-electron chi connectivity index (χ2n) is 8.92. The van der Waals surface area contributed by atoms with Crippen molar-refractivity contribution in [2.45, 2.75) is 68.7 Å². The molecule has 2 aliphatic rings. The lowest BCUT2D eigenvalue weighted by molar-refractivity contribution is -0.320. The molecule has 2 saturated heterocycles. The third-order valence-electron chi connectivity index (χ3n) is 6.04. The van der Waals surface area contributed by atoms with Gasteiger partial charge in [0.2, 0.25) is 0 Å². The summed E-state index contributed by atoms with van der Waals surface area (Å²) in [7, 11) is -5.36. The Morgan fingerprint density at radius 1 is 0.974 bits per heavy atom. The third-order valence-corrected chi connectivity index (χ3v) is 9.96. The Bertz CT molecular complexity index is 1280. The number of carbonyl (C=O) groups excluding carboxylic acids is 2. The fourth-order valence-electron chi connectivity index (χ4n) is 4.33. The van der Waals surface area contributed by atoms with Crippen LogP contribution in [-0.2, 0) is 54.0 Å². The van der Waals surface area contributed by atoms with Crippen LogP contribution in [0.25, 0.3) is 0 Å². The number of ether oxygens (including phenoxy) is 5. The molecule has 0 radical (unpaired) electrons. The van der Waals surface area contributed by atoms with Gasteiger partial charge in [0.25, 0.3) is 10.0 Å². The van der Waals surface area contributed by atoms with Crippen molar-refractivity contribution in [3.05, 3.63) is 65.7 Å². The van der Waals surface area contributed by atoms with E-state index in [2.05, 4.69) is 3.77 Å². The first kappa shape index (κ1) is 28.4. The Morgan fingerprint density at radius 2 is 1.61 bits per heavy atom. The van der Waals surface area contributed by atoms with Gasteiger partial charge in [-0.15, -0.1) is 3.77 Å². The van der Waals surface area contributed by atoms with Crippen LogP contribution in [0.1, 0.15) is 38.2 Å².